The van der Waals surface area contributed by atoms with Crippen molar-refractivity contribution >= 4 is 0 Å². The first-order valence-electron chi connectivity index (χ1n) is 5.73. The molecule has 0 radical (unpaired) electrons. The van der Waals surface area contributed by atoms with Crippen molar-refractivity contribution in [2.24, 2.45) is 17.6 Å². The highest BCUT2D eigenvalue weighted by Gasteiger charge is 2.38. The zero-order valence-electron chi connectivity index (χ0n) is 10.1. The Labute approximate surface area is 95.0 Å². The Morgan fingerprint density at radius 3 is 2.25 bits per heavy atom. The lowest BCUT2D eigenvalue weighted by Crippen LogP contribution is -2.55. The van der Waals surface area contributed by atoms with Gasteiger partial charge in [0.15, 0.2) is 0 Å². The SMILES string of the molecule is CC1CC(C)C(N(C)CC(F)(F)F)C(N)C1. The van der Waals surface area contributed by atoms with Gasteiger partial charge in [0.2, 0.25) is 0 Å². The van der Waals surface area contributed by atoms with Crippen molar-refractivity contribution in [3.63, 3.8) is 0 Å². The second-order valence-electron chi connectivity index (χ2n) is 5.24. The van der Waals surface area contributed by atoms with E-state index < -0.39 is 12.7 Å². The summed E-state index contributed by atoms with van der Waals surface area (Å²) in [6, 6.07) is -0.302. The molecule has 1 fully saturated rings. The van der Waals surface area contributed by atoms with Crippen molar-refractivity contribution in [3.05, 3.63) is 0 Å². The molecule has 16 heavy (non-hydrogen) atoms. The van der Waals surface area contributed by atoms with Crippen LogP contribution in [0, 0.1) is 11.8 Å². The van der Waals surface area contributed by atoms with Crippen molar-refractivity contribution in [2.75, 3.05) is 13.6 Å². The summed E-state index contributed by atoms with van der Waals surface area (Å²) in [5, 5.41) is 0. The van der Waals surface area contributed by atoms with Crippen LogP contribution in [0.1, 0.15) is 26.7 Å². The zero-order valence-corrected chi connectivity index (χ0v) is 10.1. The average molecular weight is 238 g/mol. The molecule has 5 heteroatoms. The van der Waals surface area contributed by atoms with E-state index in [0.29, 0.717) is 5.92 Å². The number of nitrogens with two attached hydrogens (primary N) is 1. The van der Waals surface area contributed by atoms with Crippen LogP contribution < -0.4 is 5.73 Å². The van der Waals surface area contributed by atoms with Gasteiger partial charge in [-0.25, -0.2) is 0 Å². The number of rotatable bonds is 2. The largest absolute Gasteiger partial charge is 0.401 e. The van der Waals surface area contributed by atoms with Gasteiger partial charge in [0.25, 0.3) is 0 Å². The molecule has 1 saturated carbocycles. The molecule has 0 heterocycles. The Morgan fingerprint density at radius 2 is 1.81 bits per heavy atom. The van der Waals surface area contributed by atoms with Crippen LogP contribution in [0.4, 0.5) is 13.2 Å². The molecule has 1 rings (SSSR count). The molecule has 0 aromatic rings. The maximum absolute atomic E-state index is 12.3. The first-order chi connectivity index (χ1) is 7.20. The number of likely N-dealkylation sites (N-methyl/N-ethyl adjacent to an activating group) is 1. The Hall–Kier alpha value is -0.290. The van der Waals surface area contributed by atoms with Gasteiger partial charge in [0.1, 0.15) is 0 Å². The highest BCUT2D eigenvalue weighted by molar-refractivity contribution is 4.91. The molecule has 96 valence electrons. The predicted octanol–water partition coefficient (Wildman–Crippen LogP) is 2.24. The van der Waals surface area contributed by atoms with Crippen molar-refractivity contribution in [2.45, 2.75) is 44.9 Å². The molecule has 2 N–H and O–H groups in total. The van der Waals surface area contributed by atoms with E-state index >= 15 is 0 Å². The van der Waals surface area contributed by atoms with Crippen LogP contribution in [-0.2, 0) is 0 Å². The fraction of sp³-hybridized carbons (Fsp3) is 1.00. The molecule has 2 nitrogen and oxygen atoms in total. The van der Waals surface area contributed by atoms with Crippen LogP contribution in [0.3, 0.4) is 0 Å². The van der Waals surface area contributed by atoms with Crippen LogP contribution in [0.5, 0.6) is 0 Å². The minimum absolute atomic E-state index is 0.147. The van der Waals surface area contributed by atoms with E-state index in [-0.39, 0.29) is 18.0 Å². The van der Waals surface area contributed by atoms with Crippen LogP contribution in [-0.4, -0.2) is 36.8 Å². The normalized spacial score (nSPS) is 36.8. The van der Waals surface area contributed by atoms with Gasteiger partial charge in [-0.3, -0.25) is 4.90 Å². The van der Waals surface area contributed by atoms with E-state index in [0.717, 1.165) is 12.8 Å². The molecule has 4 unspecified atom stereocenters. The molecular weight excluding hydrogens is 217 g/mol. The Morgan fingerprint density at radius 1 is 1.25 bits per heavy atom. The van der Waals surface area contributed by atoms with Gasteiger partial charge in [-0.05, 0) is 31.7 Å². The lowest BCUT2D eigenvalue weighted by atomic mass is 9.76. The highest BCUT2D eigenvalue weighted by Crippen LogP contribution is 2.32. The van der Waals surface area contributed by atoms with E-state index in [2.05, 4.69) is 6.92 Å². The minimum Gasteiger partial charge on any atom is -0.326 e. The second-order valence-corrected chi connectivity index (χ2v) is 5.24. The fourth-order valence-electron chi connectivity index (χ4n) is 3.05. The second kappa shape index (κ2) is 4.92. The molecule has 0 spiro atoms. The topological polar surface area (TPSA) is 29.3 Å². The fourth-order valence-corrected chi connectivity index (χ4v) is 3.05. The summed E-state index contributed by atoms with van der Waals surface area (Å²) in [5.74, 6) is 0.742. The molecule has 0 bridgehead atoms. The van der Waals surface area contributed by atoms with Crippen LogP contribution in [0.15, 0.2) is 0 Å². The molecule has 4 atom stereocenters. The van der Waals surface area contributed by atoms with Gasteiger partial charge in [-0.15, -0.1) is 0 Å². The van der Waals surface area contributed by atoms with Crippen molar-refractivity contribution in [1.29, 1.82) is 0 Å². The molecule has 0 aromatic heterocycles. The van der Waals surface area contributed by atoms with Crippen LogP contribution >= 0.6 is 0 Å². The Kier molecular flexibility index (Phi) is 4.23. The molecule has 0 saturated heterocycles. The number of hydrogen-bond acceptors (Lipinski definition) is 2. The standard InChI is InChI=1S/C11H21F3N2/c1-7-4-8(2)10(9(15)5-7)16(3)6-11(12,13)14/h7-10H,4-6,15H2,1-3H3. The summed E-state index contributed by atoms with van der Waals surface area (Å²) in [6.45, 7) is 3.23. The molecular formula is C11H21F3N2. The van der Waals surface area contributed by atoms with Gasteiger partial charge in [0, 0.05) is 12.1 Å². The Bertz CT molecular complexity index is 218. The minimum atomic E-state index is -4.14. The summed E-state index contributed by atoms with van der Waals surface area (Å²) in [5.41, 5.74) is 5.97. The van der Waals surface area contributed by atoms with Crippen molar-refractivity contribution in [1.82, 2.24) is 4.90 Å². The number of alkyl halides is 3. The molecule has 0 aromatic carbocycles. The lowest BCUT2D eigenvalue weighted by molar-refractivity contribution is -0.151. The van der Waals surface area contributed by atoms with E-state index in [1.54, 1.807) is 0 Å². The number of hydrogen-bond donors (Lipinski definition) is 1. The highest BCUT2D eigenvalue weighted by atomic mass is 19.4. The number of nitrogens with zero attached hydrogens (tertiary/aromatic N) is 1. The van der Waals surface area contributed by atoms with E-state index in [4.69, 9.17) is 5.73 Å². The zero-order chi connectivity index (χ0) is 12.5. The van der Waals surface area contributed by atoms with E-state index in [9.17, 15) is 13.2 Å². The van der Waals surface area contributed by atoms with Gasteiger partial charge in [-0.1, -0.05) is 13.8 Å². The van der Waals surface area contributed by atoms with Gasteiger partial charge < -0.3 is 5.73 Å². The van der Waals surface area contributed by atoms with Gasteiger partial charge >= 0.3 is 6.18 Å². The number of halogens is 3. The maximum atomic E-state index is 12.3. The summed E-state index contributed by atoms with van der Waals surface area (Å²) in [6.07, 6.45) is -2.37. The third kappa shape index (κ3) is 3.63. The molecule has 1 aliphatic rings. The predicted molar refractivity (Wildman–Crippen MR) is 58.0 cm³/mol. The van der Waals surface area contributed by atoms with Gasteiger partial charge in [-0.2, -0.15) is 13.2 Å². The summed E-state index contributed by atoms with van der Waals surface area (Å²) < 4.78 is 36.9. The van der Waals surface area contributed by atoms with E-state index in [1.165, 1.54) is 11.9 Å². The first-order valence-corrected chi connectivity index (χ1v) is 5.73. The average Bonchev–Trinajstić information content (AvgIpc) is 1.96. The van der Waals surface area contributed by atoms with Crippen LogP contribution in [0.2, 0.25) is 0 Å². The molecule has 1 aliphatic carbocycles. The molecule has 0 aliphatic heterocycles. The Balaban J connectivity index is 2.63. The van der Waals surface area contributed by atoms with Crippen molar-refractivity contribution in [3.8, 4) is 0 Å². The van der Waals surface area contributed by atoms with Gasteiger partial charge in [0.05, 0.1) is 6.54 Å². The third-order valence-corrected chi connectivity index (χ3v) is 3.41. The molecule has 0 amide bonds. The third-order valence-electron chi connectivity index (χ3n) is 3.41. The first kappa shape index (κ1) is 13.8. The lowest BCUT2D eigenvalue weighted by Gasteiger charge is -2.43. The summed E-state index contributed by atoms with van der Waals surface area (Å²) in [4.78, 5) is 1.36. The monoisotopic (exact) mass is 238 g/mol. The summed E-state index contributed by atoms with van der Waals surface area (Å²) in [7, 11) is 1.52. The van der Waals surface area contributed by atoms with Crippen molar-refractivity contribution < 1.29 is 13.2 Å². The van der Waals surface area contributed by atoms with E-state index in [1.807, 2.05) is 6.92 Å². The quantitative estimate of drug-likeness (QED) is 0.799. The summed E-state index contributed by atoms with van der Waals surface area (Å²) >= 11 is 0. The smallest absolute Gasteiger partial charge is 0.326 e. The van der Waals surface area contributed by atoms with Crippen LogP contribution in [0.25, 0.3) is 0 Å². The maximum Gasteiger partial charge on any atom is 0.401 e.